The maximum Gasteiger partial charge on any atom is 0.161 e. The molecule has 0 amide bonds. The first-order valence-corrected chi connectivity index (χ1v) is 6.71. The van der Waals surface area contributed by atoms with Crippen LogP contribution >= 0.6 is 0 Å². The summed E-state index contributed by atoms with van der Waals surface area (Å²) >= 11 is 0. The molecule has 1 atom stereocenters. The molecule has 3 N–H and O–H groups in total. The predicted molar refractivity (Wildman–Crippen MR) is 81.1 cm³/mol. The largest absolute Gasteiger partial charge is 0.396 e. The van der Waals surface area contributed by atoms with Crippen LogP contribution in [-0.4, -0.2) is 48.4 Å². The first-order valence-electron chi connectivity index (χ1n) is 6.71. The monoisotopic (exact) mass is 273 g/mol. The lowest BCUT2D eigenvalue weighted by molar-refractivity contribution is 0.198. The molecule has 0 saturated carbocycles. The van der Waals surface area contributed by atoms with Crippen molar-refractivity contribution < 1.29 is 5.11 Å². The van der Waals surface area contributed by atoms with E-state index in [9.17, 15) is 5.11 Å². The minimum atomic E-state index is -0.245. The Morgan fingerprint density at radius 2 is 2.20 bits per heavy atom. The molecule has 3 heterocycles. The molecule has 0 aromatic carbocycles. The summed E-state index contributed by atoms with van der Waals surface area (Å²) in [6.45, 7) is 1.51. The summed E-state index contributed by atoms with van der Waals surface area (Å²) in [5.74, 6) is 0.731. The fourth-order valence-corrected chi connectivity index (χ4v) is 2.57. The summed E-state index contributed by atoms with van der Waals surface area (Å²) < 4.78 is 0. The zero-order valence-electron chi connectivity index (χ0n) is 11.7. The standard InChI is InChI=1S/C14H19N5O/c1-18(2)14-12(15)6-9-5-10(7-16-13(9)17-14)19-4-3-11(20)8-19/h5-7,11,20H,3-4,8,15H2,1-2H3. The second-order valence-corrected chi connectivity index (χ2v) is 5.42. The predicted octanol–water partition coefficient (Wildman–Crippen LogP) is 0.849. The molecular weight excluding hydrogens is 254 g/mol. The van der Waals surface area contributed by atoms with Gasteiger partial charge in [-0.1, -0.05) is 0 Å². The second kappa shape index (κ2) is 4.79. The molecule has 0 spiro atoms. The third-order valence-corrected chi connectivity index (χ3v) is 3.61. The second-order valence-electron chi connectivity index (χ2n) is 5.42. The lowest BCUT2D eigenvalue weighted by Gasteiger charge is -2.18. The van der Waals surface area contributed by atoms with E-state index in [1.807, 2.05) is 37.3 Å². The van der Waals surface area contributed by atoms with Gasteiger partial charge in [-0.3, -0.25) is 0 Å². The quantitative estimate of drug-likeness (QED) is 0.844. The van der Waals surface area contributed by atoms with Gasteiger partial charge in [0.15, 0.2) is 11.5 Å². The molecule has 1 aliphatic heterocycles. The number of fused-ring (bicyclic) bond motifs is 1. The van der Waals surface area contributed by atoms with Crippen LogP contribution in [0.25, 0.3) is 11.0 Å². The number of aliphatic hydroxyl groups is 1. The van der Waals surface area contributed by atoms with Crippen molar-refractivity contribution in [3.63, 3.8) is 0 Å². The highest BCUT2D eigenvalue weighted by atomic mass is 16.3. The summed E-state index contributed by atoms with van der Waals surface area (Å²) in [6, 6.07) is 3.93. The van der Waals surface area contributed by atoms with Gasteiger partial charge in [-0.15, -0.1) is 0 Å². The number of nitrogens with two attached hydrogens (primary N) is 1. The van der Waals surface area contributed by atoms with Crippen molar-refractivity contribution in [3.8, 4) is 0 Å². The average molecular weight is 273 g/mol. The van der Waals surface area contributed by atoms with E-state index in [0.717, 1.165) is 29.9 Å². The van der Waals surface area contributed by atoms with Crippen LogP contribution < -0.4 is 15.5 Å². The first kappa shape index (κ1) is 12.9. The third-order valence-electron chi connectivity index (χ3n) is 3.61. The molecule has 3 rings (SSSR count). The van der Waals surface area contributed by atoms with Gasteiger partial charge in [0.2, 0.25) is 0 Å². The van der Waals surface area contributed by atoms with E-state index in [1.54, 1.807) is 0 Å². The molecule has 2 aromatic rings. The molecule has 1 saturated heterocycles. The fourth-order valence-electron chi connectivity index (χ4n) is 2.57. The molecular formula is C14H19N5O. The minimum absolute atomic E-state index is 0.245. The van der Waals surface area contributed by atoms with Crippen molar-refractivity contribution >= 4 is 28.2 Å². The molecule has 6 heteroatoms. The lowest BCUT2D eigenvalue weighted by Crippen LogP contribution is -2.21. The molecule has 1 fully saturated rings. The highest BCUT2D eigenvalue weighted by molar-refractivity contribution is 5.85. The molecule has 6 nitrogen and oxygen atoms in total. The Balaban J connectivity index is 2.01. The van der Waals surface area contributed by atoms with E-state index in [-0.39, 0.29) is 6.10 Å². The summed E-state index contributed by atoms with van der Waals surface area (Å²) in [7, 11) is 3.81. The Kier molecular flexibility index (Phi) is 3.10. The normalized spacial score (nSPS) is 18.8. The van der Waals surface area contributed by atoms with Gasteiger partial charge in [0, 0.05) is 32.6 Å². The van der Waals surface area contributed by atoms with Crippen molar-refractivity contribution in [2.24, 2.45) is 0 Å². The zero-order chi connectivity index (χ0) is 14.3. The maximum atomic E-state index is 9.62. The molecule has 20 heavy (non-hydrogen) atoms. The van der Waals surface area contributed by atoms with Crippen LogP contribution in [0.15, 0.2) is 18.3 Å². The van der Waals surface area contributed by atoms with E-state index >= 15 is 0 Å². The number of aromatic nitrogens is 2. The van der Waals surface area contributed by atoms with Crippen molar-refractivity contribution in [3.05, 3.63) is 18.3 Å². The van der Waals surface area contributed by atoms with E-state index < -0.39 is 0 Å². The van der Waals surface area contributed by atoms with Crippen molar-refractivity contribution in [1.29, 1.82) is 0 Å². The average Bonchev–Trinajstić information content (AvgIpc) is 2.83. The van der Waals surface area contributed by atoms with Crippen LogP contribution in [-0.2, 0) is 0 Å². The summed E-state index contributed by atoms with van der Waals surface area (Å²) in [4.78, 5) is 12.9. The number of anilines is 3. The number of β-amino-alcohol motifs (C(OH)–C–C–N with tert-alkyl or cyclic N) is 1. The van der Waals surface area contributed by atoms with Crippen molar-refractivity contribution in [1.82, 2.24) is 9.97 Å². The van der Waals surface area contributed by atoms with E-state index in [4.69, 9.17) is 5.73 Å². The van der Waals surface area contributed by atoms with Gasteiger partial charge in [-0.25, -0.2) is 9.97 Å². The number of pyridine rings is 2. The van der Waals surface area contributed by atoms with Gasteiger partial charge in [-0.05, 0) is 18.6 Å². The Bertz CT molecular complexity index is 643. The smallest absolute Gasteiger partial charge is 0.161 e. The van der Waals surface area contributed by atoms with E-state index in [1.165, 1.54) is 0 Å². The highest BCUT2D eigenvalue weighted by Gasteiger charge is 2.21. The fraction of sp³-hybridized carbons (Fsp3) is 0.429. The molecule has 0 bridgehead atoms. The van der Waals surface area contributed by atoms with Gasteiger partial charge < -0.3 is 20.6 Å². The molecule has 0 aliphatic carbocycles. The minimum Gasteiger partial charge on any atom is -0.396 e. The van der Waals surface area contributed by atoms with Crippen LogP contribution in [0.1, 0.15) is 6.42 Å². The maximum absolute atomic E-state index is 9.62. The van der Waals surface area contributed by atoms with E-state index in [2.05, 4.69) is 14.9 Å². The van der Waals surface area contributed by atoms with Crippen LogP contribution in [0.3, 0.4) is 0 Å². The number of nitrogen functional groups attached to an aromatic ring is 1. The van der Waals surface area contributed by atoms with E-state index in [0.29, 0.717) is 17.9 Å². The zero-order valence-corrected chi connectivity index (χ0v) is 11.7. The van der Waals surface area contributed by atoms with Crippen molar-refractivity contribution in [2.45, 2.75) is 12.5 Å². The topological polar surface area (TPSA) is 78.5 Å². The molecule has 0 radical (unpaired) electrons. The Labute approximate surface area is 117 Å². The number of aliphatic hydroxyl groups excluding tert-OH is 1. The SMILES string of the molecule is CN(C)c1nc2ncc(N3CCC(O)C3)cc2cc1N. The third kappa shape index (κ3) is 2.22. The van der Waals surface area contributed by atoms with Gasteiger partial charge in [-0.2, -0.15) is 0 Å². The van der Waals surface area contributed by atoms with Gasteiger partial charge in [0.05, 0.1) is 23.7 Å². The van der Waals surface area contributed by atoms with Gasteiger partial charge in [0.1, 0.15) is 0 Å². The van der Waals surface area contributed by atoms with Crippen LogP contribution in [0.5, 0.6) is 0 Å². The number of nitrogens with zero attached hydrogens (tertiary/aromatic N) is 4. The van der Waals surface area contributed by atoms with Crippen LogP contribution in [0.2, 0.25) is 0 Å². The number of hydrogen-bond acceptors (Lipinski definition) is 6. The van der Waals surface area contributed by atoms with Gasteiger partial charge in [0.25, 0.3) is 0 Å². The number of hydrogen-bond donors (Lipinski definition) is 2. The Morgan fingerprint density at radius 3 is 2.85 bits per heavy atom. The molecule has 1 unspecified atom stereocenters. The van der Waals surface area contributed by atoms with Gasteiger partial charge >= 0.3 is 0 Å². The highest BCUT2D eigenvalue weighted by Crippen LogP contribution is 2.27. The molecule has 2 aromatic heterocycles. The van der Waals surface area contributed by atoms with Crippen LogP contribution in [0, 0.1) is 0 Å². The van der Waals surface area contributed by atoms with Crippen molar-refractivity contribution in [2.75, 3.05) is 42.7 Å². The first-order chi connectivity index (χ1) is 9.54. The van der Waals surface area contributed by atoms with Crippen LogP contribution in [0.4, 0.5) is 17.2 Å². The summed E-state index contributed by atoms with van der Waals surface area (Å²) in [5.41, 5.74) is 8.36. The Morgan fingerprint density at radius 1 is 1.40 bits per heavy atom. The lowest BCUT2D eigenvalue weighted by atomic mass is 10.2. The molecule has 1 aliphatic rings. The summed E-state index contributed by atoms with van der Waals surface area (Å²) in [6.07, 6.45) is 2.37. The summed E-state index contributed by atoms with van der Waals surface area (Å²) in [5, 5.41) is 10.5. The molecule has 106 valence electrons. The number of rotatable bonds is 2. The Hall–Kier alpha value is -2.08.